The second kappa shape index (κ2) is 10.2. The molecule has 0 saturated heterocycles. The lowest BCUT2D eigenvalue weighted by Crippen LogP contribution is -2.09. The Morgan fingerprint density at radius 1 is 0.606 bits per heavy atom. The first-order chi connectivity index (χ1) is 16.0. The minimum absolute atomic E-state index is 0.652. The quantitative estimate of drug-likeness (QED) is 0.239. The Morgan fingerprint density at radius 2 is 0.970 bits per heavy atom. The topological polar surface area (TPSA) is 32.7 Å². The fourth-order valence-corrected chi connectivity index (χ4v) is 3.62. The number of ether oxygens (including phenoxy) is 1. The highest BCUT2D eigenvalue weighted by Crippen LogP contribution is 2.34. The van der Waals surface area contributed by atoms with Gasteiger partial charge in [0, 0.05) is 17.1 Å². The molecule has 33 heavy (non-hydrogen) atoms. The van der Waals surface area contributed by atoms with Crippen molar-refractivity contribution in [2.45, 2.75) is 27.1 Å². The van der Waals surface area contributed by atoms with E-state index < -0.39 is 6.29 Å². The molecule has 4 aromatic rings. The summed E-state index contributed by atoms with van der Waals surface area (Å²) in [6.45, 7) is 5.81. The molecule has 4 rings (SSSR count). The van der Waals surface area contributed by atoms with Crippen LogP contribution in [-0.2, 0) is 0 Å². The van der Waals surface area contributed by atoms with Crippen molar-refractivity contribution in [2.75, 3.05) is 4.90 Å². The van der Waals surface area contributed by atoms with Crippen LogP contribution in [0.3, 0.4) is 0 Å². The second-order valence-electron chi connectivity index (χ2n) is 8.22. The molecule has 1 unspecified atom stereocenters. The average molecular weight is 436 g/mol. The van der Waals surface area contributed by atoms with Crippen LogP contribution >= 0.6 is 0 Å². The van der Waals surface area contributed by atoms with Crippen LogP contribution in [0.1, 0.15) is 29.2 Å². The number of rotatable bonds is 7. The highest BCUT2D eigenvalue weighted by atomic mass is 16.6. The van der Waals surface area contributed by atoms with Gasteiger partial charge in [0.05, 0.1) is 0 Å². The highest BCUT2D eigenvalue weighted by molar-refractivity contribution is 5.78. The zero-order chi connectivity index (χ0) is 23.2. The van der Waals surface area contributed by atoms with Gasteiger partial charge in [0.15, 0.2) is 6.29 Å². The van der Waals surface area contributed by atoms with Gasteiger partial charge < -0.3 is 14.7 Å². The first-order valence-corrected chi connectivity index (χ1v) is 11.1. The van der Waals surface area contributed by atoms with Crippen LogP contribution < -0.4 is 9.64 Å². The molecule has 1 N–H and O–H groups in total. The van der Waals surface area contributed by atoms with E-state index in [2.05, 4.69) is 104 Å². The van der Waals surface area contributed by atoms with Gasteiger partial charge in [-0.15, -0.1) is 0 Å². The zero-order valence-electron chi connectivity index (χ0n) is 19.3. The summed E-state index contributed by atoms with van der Waals surface area (Å²) in [4.78, 5) is 2.27. The van der Waals surface area contributed by atoms with Crippen molar-refractivity contribution in [1.29, 1.82) is 0 Å². The third-order valence-electron chi connectivity index (χ3n) is 5.39. The normalized spacial score (nSPS) is 12.0. The van der Waals surface area contributed by atoms with Gasteiger partial charge in [0.1, 0.15) is 5.75 Å². The van der Waals surface area contributed by atoms with E-state index in [0.717, 1.165) is 28.2 Å². The summed E-state index contributed by atoms with van der Waals surface area (Å²) in [7, 11) is 0. The average Bonchev–Trinajstić information content (AvgIpc) is 2.82. The van der Waals surface area contributed by atoms with Crippen molar-refractivity contribution in [3.05, 3.63) is 119 Å². The first kappa shape index (κ1) is 22.4. The standard InChI is InChI=1S/C30H29NO2/c1-22-4-14-27(15-5-22)31(28-16-6-23(2)7-17-28)29-18-10-25(11-19-29)8-9-26-12-20-30(21-13-26)33-24(3)32/h4-21,24,32H,1-3H3. The molecular formula is C30H29NO2. The monoisotopic (exact) mass is 435 g/mol. The number of anilines is 3. The molecule has 0 bridgehead atoms. The van der Waals surface area contributed by atoms with Crippen molar-refractivity contribution < 1.29 is 9.84 Å². The number of aryl methyl sites for hydroxylation is 2. The second-order valence-corrected chi connectivity index (χ2v) is 8.22. The molecule has 0 aromatic heterocycles. The van der Waals surface area contributed by atoms with E-state index in [1.165, 1.54) is 11.1 Å². The van der Waals surface area contributed by atoms with E-state index in [1.807, 2.05) is 24.3 Å². The minimum Gasteiger partial charge on any atom is -0.465 e. The molecule has 1 atom stereocenters. The van der Waals surface area contributed by atoms with Crippen LogP contribution in [0.15, 0.2) is 97.1 Å². The van der Waals surface area contributed by atoms with E-state index in [9.17, 15) is 5.11 Å². The van der Waals surface area contributed by atoms with Gasteiger partial charge in [0.2, 0.25) is 0 Å². The maximum Gasteiger partial charge on any atom is 0.194 e. The highest BCUT2D eigenvalue weighted by Gasteiger charge is 2.12. The Morgan fingerprint density at radius 3 is 1.36 bits per heavy atom. The van der Waals surface area contributed by atoms with E-state index in [1.54, 1.807) is 6.92 Å². The summed E-state index contributed by atoms with van der Waals surface area (Å²) in [5.41, 5.74) is 8.05. The summed E-state index contributed by atoms with van der Waals surface area (Å²) < 4.78 is 5.28. The molecule has 0 aliphatic heterocycles. The molecule has 0 fully saturated rings. The van der Waals surface area contributed by atoms with E-state index in [4.69, 9.17) is 4.74 Å². The van der Waals surface area contributed by atoms with Crippen molar-refractivity contribution >= 4 is 29.2 Å². The van der Waals surface area contributed by atoms with Crippen LogP contribution in [-0.4, -0.2) is 11.4 Å². The molecule has 166 valence electrons. The predicted octanol–water partition coefficient (Wildman–Crippen LogP) is 7.66. The van der Waals surface area contributed by atoms with Gasteiger partial charge in [0.25, 0.3) is 0 Å². The zero-order valence-corrected chi connectivity index (χ0v) is 19.3. The third-order valence-corrected chi connectivity index (χ3v) is 5.39. The fraction of sp³-hybridized carbons (Fsp3) is 0.133. The van der Waals surface area contributed by atoms with E-state index in [0.29, 0.717) is 5.75 Å². The van der Waals surface area contributed by atoms with E-state index >= 15 is 0 Å². The summed E-state index contributed by atoms with van der Waals surface area (Å²) in [6, 6.07) is 33.4. The number of benzene rings is 4. The number of hydrogen-bond acceptors (Lipinski definition) is 3. The molecular weight excluding hydrogens is 406 g/mol. The maximum atomic E-state index is 9.32. The Balaban J connectivity index is 1.56. The Bertz CT molecular complexity index is 1140. The number of aliphatic hydroxyl groups excluding tert-OH is 1. The molecule has 3 nitrogen and oxygen atoms in total. The molecule has 0 heterocycles. The van der Waals surface area contributed by atoms with Crippen LogP contribution in [0, 0.1) is 13.8 Å². The van der Waals surface area contributed by atoms with Gasteiger partial charge in [-0.1, -0.05) is 71.8 Å². The van der Waals surface area contributed by atoms with Crippen molar-refractivity contribution in [3.8, 4) is 5.75 Å². The molecule has 0 amide bonds. The number of nitrogens with zero attached hydrogens (tertiary/aromatic N) is 1. The minimum atomic E-state index is -0.815. The Hall–Kier alpha value is -3.82. The van der Waals surface area contributed by atoms with E-state index in [-0.39, 0.29) is 0 Å². The largest absolute Gasteiger partial charge is 0.465 e. The smallest absolute Gasteiger partial charge is 0.194 e. The van der Waals surface area contributed by atoms with Gasteiger partial charge >= 0.3 is 0 Å². The summed E-state index contributed by atoms with van der Waals surface area (Å²) >= 11 is 0. The van der Waals surface area contributed by atoms with Gasteiger partial charge in [-0.3, -0.25) is 0 Å². The number of hydrogen-bond donors (Lipinski definition) is 1. The van der Waals surface area contributed by atoms with Crippen LogP contribution in [0.4, 0.5) is 17.1 Å². The molecule has 0 radical (unpaired) electrons. The van der Waals surface area contributed by atoms with Crippen LogP contribution in [0.2, 0.25) is 0 Å². The van der Waals surface area contributed by atoms with Crippen molar-refractivity contribution in [3.63, 3.8) is 0 Å². The van der Waals surface area contributed by atoms with Gasteiger partial charge in [-0.25, -0.2) is 0 Å². The molecule has 0 aliphatic rings. The summed E-state index contributed by atoms with van der Waals surface area (Å²) in [5.74, 6) is 0.652. The van der Waals surface area contributed by atoms with Crippen LogP contribution in [0.25, 0.3) is 12.2 Å². The molecule has 0 aliphatic carbocycles. The molecule has 3 heteroatoms. The van der Waals surface area contributed by atoms with Crippen molar-refractivity contribution in [1.82, 2.24) is 0 Å². The Labute approximate surface area is 196 Å². The SMILES string of the molecule is Cc1ccc(N(c2ccc(C)cc2)c2ccc(C=Cc3ccc(OC(C)O)cc3)cc2)cc1. The third kappa shape index (κ3) is 5.91. The first-order valence-electron chi connectivity index (χ1n) is 11.1. The lowest BCUT2D eigenvalue weighted by atomic mass is 10.1. The van der Waals surface area contributed by atoms with Crippen molar-refractivity contribution in [2.24, 2.45) is 0 Å². The molecule has 0 spiro atoms. The lowest BCUT2D eigenvalue weighted by molar-refractivity contribution is -0.000293. The molecule has 4 aromatic carbocycles. The van der Waals surface area contributed by atoms with Gasteiger partial charge in [-0.05, 0) is 80.4 Å². The lowest BCUT2D eigenvalue weighted by Gasteiger charge is -2.25. The summed E-state index contributed by atoms with van der Waals surface area (Å²) in [6.07, 6.45) is 3.35. The fourth-order valence-electron chi connectivity index (χ4n) is 3.62. The summed E-state index contributed by atoms with van der Waals surface area (Å²) in [5, 5.41) is 9.32. The number of aliphatic hydroxyl groups is 1. The van der Waals surface area contributed by atoms with Gasteiger partial charge in [-0.2, -0.15) is 0 Å². The Kier molecular flexibility index (Phi) is 6.92. The molecule has 0 saturated carbocycles. The van der Waals surface area contributed by atoms with Crippen LogP contribution in [0.5, 0.6) is 5.75 Å². The predicted molar refractivity (Wildman–Crippen MR) is 138 cm³/mol. The maximum absolute atomic E-state index is 9.32.